The molecule has 0 bridgehead atoms. The van der Waals surface area contributed by atoms with Crippen molar-refractivity contribution in [3.05, 3.63) is 53.3 Å². The number of hydrogen-bond acceptors (Lipinski definition) is 5. The number of benzene rings is 2. The molecule has 2 atom stereocenters. The number of nitrogens with one attached hydrogen (secondary N) is 1. The molecule has 1 amide bonds. The smallest absolute Gasteiger partial charge is 0.224 e. The van der Waals surface area contributed by atoms with E-state index >= 15 is 0 Å². The van der Waals surface area contributed by atoms with Gasteiger partial charge in [-0.2, -0.15) is 0 Å². The summed E-state index contributed by atoms with van der Waals surface area (Å²) in [5.41, 5.74) is 2.41. The first-order valence-electron chi connectivity index (χ1n) is 9.84. The third-order valence-corrected chi connectivity index (χ3v) is 5.52. The van der Waals surface area contributed by atoms with Crippen molar-refractivity contribution in [1.82, 2.24) is 4.90 Å². The number of anilines is 1. The van der Waals surface area contributed by atoms with Crippen LogP contribution in [0, 0.1) is 5.82 Å². The standard InChI is InChI=1S/C22H25FN2O4/c1-28-16-5-6-18(23)15(10-16)12-25-9-8-21(20(26)13-25)29-17-4-2-14-3-7-22(27)24-19(14)11-17/h2,4-6,10-11,20-21,26H,3,7-9,12-13H2,1H3,(H,24,27)/t20-,21-/m1/s1. The zero-order valence-corrected chi connectivity index (χ0v) is 16.4. The summed E-state index contributed by atoms with van der Waals surface area (Å²) in [5, 5.41) is 13.4. The van der Waals surface area contributed by atoms with E-state index in [1.54, 1.807) is 19.2 Å². The number of hydrogen-bond donors (Lipinski definition) is 2. The molecule has 2 aromatic rings. The highest BCUT2D eigenvalue weighted by Gasteiger charge is 2.30. The van der Waals surface area contributed by atoms with Gasteiger partial charge in [-0.1, -0.05) is 6.07 Å². The average Bonchev–Trinajstić information content (AvgIpc) is 2.71. The Labute approximate surface area is 169 Å². The lowest BCUT2D eigenvalue weighted by atomic mass is 10.0. The summed E-state index contributed by atoms with van der Waals surface area (Å²) in [6.45, 7) is 1.47. The van der Waals surface area contributed by atoms with E-state index in [9.17, 15) is 14.3 Å². The number of rotatable bonds is 5. The molecule has 2 aromatic carbocycles. The number of halogens is 1. The van der Waals surface area contributed by atoms with Crippen LogP contribution in [0.1, 0.15) is 24.0 Å². The van der Waals surface area contributed by atoms with Crippen molar-refractivity contribution in [3.8, 4) is 11.5 Å². The van der Waals surface area contributed by atoms with Gasteiger partial charge in [0.15, 0.2) is 0 Å². The first-order chi connectivity index (χ1) is 14.0. The number of nitrogens with zero attached hydrogens (tertiary/aromatic N) is 1. The van der Waals surface area contributed by atoms with Gasteiger partial charge in [0, 0.05) is 43.4 Å². The number of ether oxygens (including phenoxy) is 2. The van der Waals surface area contributed by atoms with Gasteiger partial charge >= 0.3 is 0 Å². The summed E-state index contributed by atoms with van der Waals surface area (Å²) in [5.74, 6) is 0.962. The molecule has 7 heteroatoms. The van der Waals surface area contributed by atoms with Crippen LogP contribution in [0.3, 0.4) is 0 Å². The molecule has 1 saturated heterocycles. The Kier molecular flexibility index (Phi) is 5.69. The molecular formula is C22H25FN2O4. The zero-order valence-electron chi connectivity index (χ0n) is 16.4. The number of fused-ring (bicyclic) bond motifs is 1. The summed E-state index contributed by atoms with van der Waals surface area (Å²) < 4.78 is 25.3. The lowest BCUT2D eigenvalue weighted by Crippen LogP contribution is -2.48. The van der Waals surface area contributed by atoms with E-state index < -0.39 is 6.10 Å². The average molecular weight is 400 g/mol. The number of piperidine rings is 1. The maximum atomic E-state index is 14.1. The van der Waals surface area contributed by atoms with Crippen LogP contribution < -0.4 is 14.8 Å². The largest absolute Gasteiger partial charge is 0.497 e. The molecule has 2 N–H and O–H groups in total. The van der Waals surface area contributed by atoms with Crippen LogP contribution in [-0.2, 0) is 17.8 Å². The quantitative estimate of drug-likeness (QED) is 0.808. The first kappa shape index (κ1) is 19.7. The van der Waals surface area contributed by atoms with E-state index in [1.165, 1.54) is 6.07 Å². The van der Waals surface area contributed by atoms with Crippen LogP contribution in [0.2, 0.25) is 0 Å². The van der Waals surface area contributed by atoms with Crippen LogP contribution in [0.25, 0.3) is 0 Å². The lowest BCUT2D eigenvalue weighted by molar-refractivity contribution is -0.116. The summed E-state index contributed by atoms with van der Waals surface area (Å²) in [6.07, 6.45) is 0.805. The number of amides is 1. The Bertz CT molecular complexity index is 904. The molecule has 0 radical (unpaired) electrons. The molecule has 154 valence electrons. The highest BCUT2D eigenvalue weighted by molar-refractivity contribution is 5.94. The Balaban J connectivity index is 1.37. The molecule has 1 fully saturated rings. The Morgan fingerprint density at radius 3 is 2.83 bits per heavy atom. The topological polar surface area (TPSA) is 71.0 Å². The number of methoxy groups -OCH3 is 1. The molecule has 29 heavy (non-hydrogen) atoms. The SMILES string of the molecule is COc1ccc(F)c(CN2CC[C@@H](Oc3ccc4c(c3)NC(=O)CC4)[C@H](O)C2)c1. The molecule has 0 unspecified atom stereocenters. The molecule has 2 heterocycles. The molecular weight excluding hydrogens is 375 g/mol. The van der Waals surface area contributed by atoms with E-state index in [0.29, 0.717) is 49.5 Å². The van der Waals surface area contributed by atoms with Crippen LogP contribution in [0.5, 0.6) is 11.5 Å². The van der Waals surface area contributed by atoms with Gasteiger partial charge in [-0.15, -0.1) is 0 Å². The van der Waals surface area contributed by atoms with Crippen LogP contribution in [-0.4, -0.2) is 48.3 Å². The van der Waals surface area contributed by atoms with Crippen LogP contribution in [0.4, 0.5) is 10.1 Å². The fourth-order valence-corrected chi connectivity index (χ4v) is 3.90. The molecule has 2 aliphatic rings. The van der Waals surface area contributed by atoms with Crippen molar-refractivity contribution >= 4 is 11.6 Å². The minimum absolute atomic E-state index is 0.00719. The van der Waals surface area contributed by atoms with Gasteiger partial charge in [-0.25, -0.2) is 4.39 Å². The van der Waals surface area contributed by atoms with Crippen LogP contribution >= 0.6 is 0 Å². The van der Waals surface area contributed by atoms with Gasteiger partial charge < -0.3 is 19.9 Å². The van der Waals surface area contributed by atoms with Gasteiger partial charge in [0.2, 0.25) is 5.91 Å². The van der Waals surface area contributed by atoms with E-state index in [1.807, 2.05) is 23.1 Å². The normalized spacial score (nSPS) is 22.0. The Hall–Kier alpha value is -2.64. The summed E-state index contributed by atoms with van der Waals surface area (Å²) in [6, 6.07) is 10.3. The van der Waals surface area contributed by atoms with E-state index in [-0.39, 0.29) is 17.8 Å². The van der Waals surface area contributed by atoms with Crippen molar-refractivity contribution < 1.29 is 23.8 Å². The van der Waals surface area contributed by atoms with Gasteiger partial charge in [0.05, 0.1) is 7.11 Å². The summed E-state index contributed by atoms with van der Waals surface area (Å²) in [7, 11) is 1.55. The second kappa shape index (κ2) is 8.39. The molecule has 6 nitrogen and oxygen atoms in total. The number of carbonyl (C=O) groups is 1. The predicted molar refractivity (Wildman–Crippen MR) is 107 cm³/mol. The van der Waals surface area contributed by atoms with E-state index in [4.69, 9.17) is 9.47 Å². The molecule has 0 aliphatic carbocycles. The zero-order chi connectivity index (χ0) is 20.4. The molecule has 0 spiro atoms. The number of carbonyl (C=O) groups excluding carboxylic acids is 1. The first-order valence-corrected chi connectivity index (χ1v) is 9.84. The Morgan fingerprint density at radius 1 is 1.21 bits per heavy atom. The van der Waals surface area contributed by atoms with Crippen molar-refractivity contribution in [2.75, 3.05) is 25.5 Å². The molecule has 0 aromatic heterocycles. The van der Waals surface area contributed by atoms with Crippen molar-refractivity contribution in [2.45, 2.75) is 38.0 Å². The fourth-order valence-electron chi connectivity index (χ4n) is 3.90. The maximum Gasteiger partial charge on any atom is 0.224 e. The van der Waals surface area contributed by atoms with Gasteiger partial charge in [-0.05, 0) is 42.7 Å². The van der Waals surface area contributed by atoms with Gasteiger partial charge in [0.25, 0.3) is 0 Å². The van der Waals surface area contributed by atoms with E-state index in [2.05, 4.69) is 5.32 Å². The third-order valence-electron chi connectivity index (χ3n) is 5.52. The fraction of sp³-hybridized carbons (Fsp3) is 0.409. The van der Waals surface area contributed by atoms with Gasteiger partial charge in [-0.3, -0.25) is 9.69 Å². The maximum absolute atomic E-state index is 14.1. The van der Waals surface area contributed by atoms with Crippen molar-refractivity contribution in [2.24, 2.45) is 0 Å². The van der Waals surface area contributed by atoms with Crippen molar-refractivity contribution in [1.29, 1.82) is 0 Å². The summed E-state index contributed by atoms with van der Waals surface area (Å²) >= 11 is 0. The number of aryl methyl sites for hydroxylation is 1. The number of aliphatic hydroxyl groups excluding tert-OH is 1. The molecule has 2 aliphatic heterocycles. The Morgan fingerprint density at radius 2 is 2.03 bits per heavy atom. The lowest BCUT2D eigenvalue weighted by Gasteiger charge is -2.36. The number of likely N-dealkylation sites (tertiary alicyclic amines) is 1. The molecule has 4 rings (SSSR count). The number of aliphatic hydroxyl groups is 1. The minimum atomic E-state index is -0.692. The minimum Gasteiger partial charge on any atom is -0.497 e. The second-order valence-corrected chi connectivity index (χ2v) is 7.57. The highest BCUT2D eigenvalue weighted by atomic mass is 19.1. The summed E-state index contributed by atoms with van der Waals surface area (Å²) in [4.78, 5) is 13.6. The predicted octanol–water partition coefficient (Wildman–Crippen LogP) is 2.73. The third kappa shape index (κ3) is 4.52. The molecule has 0 saturated carbocycles. The van der Waals surface area contributed by atoms with Crippen LogP contribution in [0.15, 0.2) is 36.4 Å². The second-order valence-electron chi connectivity index (χ2n) is 7.57. The monoisotopic (exact) mass is 400 g/mol. The highest BCUT2D eigenvalue weighted by Crippen LogP contribution is 2.29. The van der Waals surface area contributed by atoms with E-state index in [0.717, 1.165) is 17.7 Å². The number of β-amino-alcohol motifs (C(OH)–C–C–N with tert-alkyl or cyclic N) is 1. The van der Waals surface area contributed by atoms with Crippen molar-refractivity contribution in [3.63, 3.8) is 0 Å². The van der Waals surface area contributed by atoms with Gasteiger partial charge in [0.1, 0.15) is 29.5 Å².